The average Bonchev–Trinajstić information content (AvgIpc) is 2.48. The van der Waals surface area contributed by atoms with E-state index in [4.69, 9.17) is 4.74 Å². The Morgan fingerprint density at radius 2 is 1.86 bits per heavy atom. The maximum absolute atomic E-state index is 12.2. The smallest absolute Gasteiger partial charge is 0.422 e. The quantitative estimate of drug-likeness (QED) is 0.841. The maximum atomic E-state index is 12.2. The van der Waals surface area contributed by atoms with Crippen LogP contribution >= 0.6 is 0 Å². The Morgan fingerprint density at radius 3 is 2.50 bits per heavy atom. The van der Waals surface area contributed by atoms with E-state index in [9.17, 15) is 17.4 Å². The fourth-order valence-corrected chi connectivity index (χ4v) is 2.97. The van der Waals surface area contributed by atoms with Gasteiger partial charge in [-0.15, -0.1) is 0 Å². The second kappa shape index (κ2) is 6.91. The van der Waals surface area contributed by atoms with Crippen LogP contribution in [0.4, 0.5) is 13.2 Å². The van der Waals surface area contributed by atoms with Crippen LogP contribution < -0.4 is 4.74 Å². The van der Waals surface area contributed by atoms with Crippen molar-refractivity contribution in [3.63, 3.8) is 0 Å². The third-order valence-electron chi connectivity index (χ3n) is 2.92. The first-order valence-electron chi connectivity index (χ1n) is 6.44. The molecule has 1 aromatic carbocycles. The number of rotatable bonds is 5. The van der Waals surface area contributed by atoms with Crippen molar-refractivity contribution in [1.82, 2.24) is 4.98 Å². The fourth-order valence-electron chi connectivity index (χ4n) is 1.80. The molecule has 0 saturated heterocycles. The number of hydrogen-bond acceptors (Lipinski definition) is 3. The van der Waals surface area contributed by atoms with Crippen molar-refractivity contribution < 1.29 is 22.1 Å². The highest BCUT2D eigenvalue weighted by atomic mass is 32.2. The molecule has 22 heavy (non-hydrogen) atoms. The van der Waals surface area contributed by atoms with Crippen molar-refractivity contribution in [3.05, 3.63) is 53.9 Å². The number of ether oxygens (including phenoxy) is 1. The molecule has 0 saturated carbocycles. The number of aromatic nitrogens is 1. The van der Waals surface area contributed by atoms with E-state index in [1.165, 1.54) is 12.3 Å². The lowest BCUT2D eigenvalue weighted by atomic mass is 10.2. The van der Waals surface area contributed by atoms with E-state index in [0.29, 0.717) is 16.2 Å². The summed E-state index contributed by atoms with van der Waals surface area (Å²) >= 11 is 0. The molecule has 1 heterocycles. The largest absolute Gasteiger partial charge is 0.484 e. The molecule has 1 atom stereocenters. The molecule has 0 bridgehead atoms. The van der Waals surface area contributed by atoms with Gasteiger partial charge in [0.15, 0.2) is 6.61 Å². The number of alkyl halides is 3. The summed E-state index contributed by atoms with van der Waals surface area (Å²) in [6.07, 6.45) is -3.04. The molecule has 0 amide bonds. The summed E-state index contributed by atoms with van der Waals surface area (Å²) in [6.45, 7) is 0.245. The highest BCUT2D eigenvalue weighted by Crippen LogP contribution is 2.24. The van der Waals surface area contributed by atoms with Gasteiger partial charge in [-0.25, -0.2) is 0 Å². The zero-order chi connectivity index (χ0) is 16.2. The van der Waals surface area contributed by atoms with E-state index < -0.39 is 23.6 Å². The molecule has 3 nitrogen and oxygen atoms in total. The molecule has 0 aliphatic rings. The van der Waals surface area contributed by atoms with Crippen LogP contribution in [0.15, 0.2) is 47.5 Å². The van der Waals surface area contributed by atoms with Crippen LogP contribution in [0.5, 0.6) is 5.75 Å². The summed E-state index contributed by atoms with van der Waals surface area (Å²) < 4.78 is 53.7. The van der Waals surface area contributed by atoms with Gasteiger partial charge in [0.2, 0.25) is 0 Å². The van der Waals surface area contributed by atoms with Gasteiger partial charge in [0.1, 0.15) is 5.75 Å². The van der Waals surface area contributed by atoms with E-state index in [1.807, 2.05) is 6.07 Å². The highest BCUT2D eigenvalue weighted by molar-refractivity contribution is 7.84. The predicted molar refractivity (Wildman–Crippen MR) is 77.1 cm³/mol. The Bertz CT molecular complexity index is 660. The Balaban J connectivity index is 2.13. The molecule has 7 heteroatoms. The number of halogens is 3. The molecular weight excluding hydrogens is 315 g/mol. The van der Waals surface area contributed by atoms with Gasteiger partial charge < -0.3 is 4.74 Å². The second-order valence-electron chi connectivity index (χ2n) is 4.59. The first-order chi connectivity index (χ1) is 10.4. The van der Waals surface area contributed by atoms with Crippen LogP contribution in [-0.2, 0) is 16.6 Å². The van der Waals surface area contributed by atoms with Crippen LogP contribution in [0.1, 0.15) is 11.3 Å². The Morgan fingerprint density at radius 1 is 1.18 bits per heavy atom. The first-order valence-corrected chi connectivity index (χ1v) is 7.76. The van der Waals surface area contributed by atoms with Gasteiger partial charge in [0.05, 0.1) is 22.2 Å². The summed E-state index contributed by atoms with van der Waals surface area (Å²) in [6, 6.07) is 10.2. The average molecular weight is 329 g/mol. The summed E-state index contributed by atoms with van der Waals surface area (Å²) in [4.78, 5) is 4.74. The van der Waals surface area contributed by atoms with E-state index in [0.717, 1.165) is 0 Å². The number of benzene rings is 1. The van der Waals surface area contributed by atoms with Gasteiger partial charge in [0.25, 0.3) is 0 Å². The molecule has 118 valence electrons. The van der Waals surface area contributed by atoms with E-state index >= 15 is 0 Å². The zero-order valence-corrected chi connectivity index (χ0v) is 12.6. The van der Waals surface area contributed by atoms with Gasteiger partial charge in [-0.05, 0) is 25.1 Å². The molecule has 0 aliphatic carbocycles. The van der Waals surface area contributed by atoms with E-state index in [1.54, 1.807) is 31.2 Å². The minimum absolute atomic E-state index is 0.104. The molecule has 0 radical (unpaired) electrons. The summed E-state index contributed by atoms with van der Waals surface area (Å²) in [5, 5.41) is 0. The topological polar surface area (TPSA) is 39.2 Å². The Kier molecular flexibility index (Phi) is 5.18. The normalized spacial score (nSPS) is 12.9. The minimum Gasteiger partial charge on any atom is -0.484 e. The molecule has 0 spiro atoms. The molecule has 0 N–H and O–H groups in total. The van der Waals surface area contributed by atoms with Crippen molar-refractivity contribution in [2.75, 3.05) is 6.61 Å². The lowest BCUT2D eigenvalue weighted by Crippen LogP contribution is -2.19. The van der Waals surface area contributed by atoms with Crippen molar-refractivity contribution in [1.29, 1.82) is 0 Å². The van der Waals surface area contributed by atoms with Crippen LogP contribution in [0.3, 0.4) is 0 Å². The molecule has 0 unspecified atom stereocenters. The van der Waals surface area contributed by atoms with Crippen molar-refractivity contribution >= 4 is 10.8 Å². The SMILES string of the molecule is Cc1c(OCC(F)(F)F)ccnc1C[S@](=O)c1ccccc1. The second-order valence-corrected chi connectivity index (χ2v) is 6.04. The van der Waals surface area contributed by atoms with Gasteiger partial charge in [0, 0.05) is 16.7 Å². The van der Waals surface area contributed by atoms with Gasteiger partial charge in [-0.2, -0.15) is 13.2 Å². The highest BCUT2D eigenvalue weighted by Gasteiger charge is 2.28. The minimum atomic E-state index is -4.40. The summed E-state index contributed by atoms with van der Waals surface area (Å²) in [7, 11) is -1.31. The van der Waals surface area contributed by atoms with Crippen LogP contribution in [0, 0.1) is 6.92 Å². The standard InChI is InChI=1S/C15H14F3NO2S/c1-11-13(9-22(20)12-5-3-2-4-6-12)19-8-7-14(11)21-10-15(16,17)18/h2-8H,9-10H2,1H3/t22-/m0/s1. The molecule has 0 aliphatic heterocycles. The number of nitrogens with zero attached hydrogens (tertiary/aromatic N) is 1. The van der Waals surface area contributed by atoms with Crippen LogP contribution in [-0.4, -0.2) is 22.0 Å². The van der Waals surface area contributed by atoms with Crippen LogP contribution in [0.25, 0.3) is 0 Å². The summed E-state index contributed by atoms with van der Waals surface area (Å²) in [5.74, 6) is 0.228. The summed E-state index contributed by atoms with van der Waals surface area (Å²) in [5.41, 5.74) is 0.929. The number of hydrogen-bond donors (Lipinski definition) is 0. The molecule has 1 aromatic heterocycles. The number of pyridine rings is 1. The monoisotopic (exact) mass is 329 g/mol. The van der Waals surface area contributed by atoms with Crippen molar-refractivity contribution in [2.24, 2.45) is 0 Å². The van der Waals surface area contributed by atoms with Gasteiger partial charge in [-0.1, -0.05) is 18.2 Å². The molecule has 2 rings (SSSR count). The molecular formula is C15H14F3NO2S. The van der Waals surface area contributed by atoms with Crippen molar-refractivity contribution in [3.8, 4) is 5.75 Å². The maximum Gasteiger partial charge on any atom is 0.422 e. The first kappa shape index (κ1) is 16.5. The third kappa shape index (κ3) is 4.56. The molecule has 0 fully saturated rings. The lowest BCUT2D eigenvalue weighted by Gasteiger charge is -2.13. The fraction of sp³-hybridized carbons (Fsp3) is 0.267. The Hall–Kier alpha value is -1.89. The van der Waals surface area contributed by atoms with E-state index in [2.05, 4.69) is 4.98 Å². The third-order valence-corrected chi connectivity index (χ3v) is 4.26. The van der Waals surface area contributed by atoms with Gasteiger partial charge >= 0.3 is 6.18 Å². The zero-order valence-electron chi connectivity index (χ0n) is 11.8. The van der Waals surface area contributed by atoms with Crippen molar-refractivity contribution in [2.45, 2.75) is 23.7 Å². The lowest BCUT2D eigenvalue weighted by molar-refractivity contribution is -0.153. The van der Waals surface area contributed by atoms with Crippen LogP contribution in [0.2, 0.25) is 0 Å². The van der Waals surface area contributed by atoms with E-state index in [-0.39, 0.29) is 11.5 Å². The predicted octanol–water partition coefficient (Wildman–Crippen LogP) is 3.64. The Labute approximate surface area is 128 Å². The van der Waals surface area contributed by atoms with Gasteiger partial charge in [-0.3, -0.25) is 9.19 Å². The molecule has 2 aromatic rings.